The van der Waals surface area contributed by atoms with Gasteiger partial charge in [-0.25, -0.2) is 9.59 Å². The molecule has 0 radical (unpaired) electrons. The summed E-state index contributed by atoms with van der Waals surface area (Å²) in [6, 6.07) is 6.47. The Morgan fingerprint density at radius 2 is 0.439 bits per heavy atom. The van der Waals surface area contributed by atoms with Crippen molar-refractivity contribution in [2.75, 3.05) is 445 Å². The number of nitrogens with zero attached hydrogens (tertiary/aromatic N) is 6. The Hall–Kier alpha value is -3.81. The minimum atomic E-state index is -3.75. The van der Waals surface area contributed by atoms with Crippen molar-refractivity contribution in [1.29, 1.82) is 0 Å². The van der Waals surface area contributed by atoms with Gasteiger partial charge in [-0.1, -0.05) is 75.7 Å². The van der Waals surface area contributed by atoms with Gasteiger partial charge in [0.05, 0.1) is 395 Å². The molecule has 47 nitrogen and oxygen atoms in total. The SMILES string of the molecule is CC(=O)COCCOCCOCCOCCOCCBr.CC(=O)COCCOCCOCCOCCOCCN=[N+]=[N-].Cc1ccc(S(=O)(=O)OCCOCCOCCOCCOCCOCCO)cc1.O=C(O)COCCOCCOCCOCCOCCBr.OCCOCCOCCOCCOCCOCCBr.[N-]=[N+]=NCCOCCOCCOCCOCCOCC(=O)O. The van der Waals surface area contributed by atoms with Crippen LogP contribution in [-0.2, 0) is 176 Å². The summed E-state index contributed by atoms with van der Waals surface area (Å²) in [6.45, 7) is 31.7. The monoisotopic (exact) mass is 2130 g/mol. The summed E-state index contributed by atoms with van der Waals surface area (Å²) >= 11 is 9.81. The number of aryl methyl sites for hydroxylation is 1. The molecule has 0 aliphatic heterocycles. The zero-order valence-corrected chi connectivity index (χ0v) is 83.1. The van der Waals surface area contributed by atoms with Crippen LogP contribution < -0.4 is 0 Å². The number of Topliss-reactive ketones (excluding diaryl/α,β-unsaturated/α-hetero) is 2. The van der Waals surface area contributed by atoms with Gasteiger partial charge < -0.3 is 163 Å². The number of aliphatic carboxylic acids is 2. The van der Waals surface area contributed by atoms with E-state index in [9.17, 15) is 27.6 Å². The van der Waals surface area contributed by atoms with E-state index in [0.717, 1.165) is 21.6 Å². The van der Waals surface area contributed by atoms with Gasteiger partial charge in [0.2, 0.25) is 0 Å². The molecule has 0 heterocycles. The number of aliphatic hydroxyl groups excluding tert-OH is 2. The summed E-state index contributed by atoms with van der Waals surface area (Å²) in [5, 5.41) is 42.8. The molecule has 0 saturated carbocycles. The number of ketones is 2. The first-order valence-electron chi connectivity index (χ1n) is 43.2. The van der Waals surface area contributed by atoms with Crippen LogP contribution in [-0.4, -0.2) is 498 Å². The first-order chi connectivity index (χ1) is 64.6. The van der Waals surface area contributed by atoms with E-state index in [0.29, 0.717) is 363 Å². The third kappa shape index (κ3) is 137. The lowest BCUT2D eigenvalue weighted by atomic mass is 10.2. The van der Waals surface area contributed by atoms with Gasteiger partial charge in [0.25, 0.3) is 10.1 Å². The molecular weight excluding hydrogens is 1980 g/mol. The van der Waals surface area contributed by atoms with Crippen molar-refractivity contribution in [2.45, 2.75) is 25.7 Å². The van der Waals surface area contributed by atoms with Crippen molar-refractivity contribution in [3.8, 4) is 0 Å². The molecule has 0 aliphatic carbocycles. The highest BCUT2D eigenvalue weighted by atomic mass is 79.9. The van der Waals surface area contributed by atoms with E-state index in [1.165, 1.54) is 26.0 Å². The molecule has 780 valence electrons. The first-order valence-corrected chi connectivity index (χ1v) is 48.0. The Morgan fingerprint density at radius 1 is 0.273 bits per heavy atom. The number of carboxylic acid groups (broad SMARTS) is 2. The summed E-state index contributed by atoms with van der Waals surface area (Å²) in [7, 11) is -3.75. The molecule has 4 N–H and O–H groups in total. The Balaban J connectivity index is -0.000000492. The third-order valence-corrected chi connectivity index (χ3v) is 16.0. The van der Waals surface area contributed by atoms with Gasteiger partial charge in [-0.15, -0.1) is 0 Å². The van der Waals surface area contributed by atoms with Crippen LogP contribution in [0.3, 0.4) is 0 Å². The van der Waals surface area contributed by atoms with Crippen molar-refractivity contribution in [1.82, 2.24) is 0 Å². The molecule has 132 heavy (non-hydrogen) atoms. The summed E-state index contributed by atoms with van der Waals surface area (Å²) < 4.78 is 185. The number of carboxylic acids is 2. The van der Waals surface area contributed by atoms with Gasteiger partial charge >= 0.3 is 11.9 Å². The second-order valence-electron chi connectivity index (χ2n) is 24.8. The van der Waals surface area contributed by atoms with Crippen molar-refractivity contribution in [3.63, 3.8) is 0 Å². The summed E-state index contributed by atoms with van der Waals surface area (Å²) in [6.07, 6.45) is 0. The van der Waals surface area contributed by atoms with E-state index in [1.807, 2.05) is 6.92 Å². The van der Waals surface area contributed by atoms with Crippen molar-refractivity contribution >= 4 is 81.4 Å². The maximum Gasteiger partial charge on any atom is 0.329 e. The minimum absolute atomic E-state index is 0.00408. The topological polar surface area (TPSA) is 567 Å². The van der Waals surface area contributed by atoms with Crippen LogP contribution in [0, 0.1) is 6.92 Å². The highest BCUT2D eigenvalue weighted by Gasteiger charge is 2.15. The molecule has 51 heteroatoms. The van der Waals surface area contributed by atoms with Gasteiger partial charge in [0, 0.05) is 38.9 Å². The van der Waals surface area contributed by atoms with Crippen molar-refractivity contribution < 1.29 is 194 Å². The number of ether oxygens (including phenoxy) is 30. The van der Waals surface area contributed by atoms with E-state index < -0.39 is 22.1 Å². The highest BCUT2D eigenvalue weighted by Crippen LogP contribution is 2.13. The lowest BCUT2D eigenvalue weighted by Crippen LogP contribution is -2.15. The largest absolute Gasteiger partial charge is 0.480 e. The molecule has 1 aromatic rings. The summed E-state index contributed by atoms with van der Waals surface area (Å²) in [5.41, 5.74) is 17.0. The number of azide groups is 2. The Labute approximate surface area is 803 Å². The first kappa shape index (κ1) is 137. The standard InChI is InChI=1S/C19H32O9S.C13H25BrO6.C13H25N3O6.C12H23BrO7.C12H25BrO6.C12H23N3O7/c1-18-2-4-19(5-3-18)29(21,22)28-17-16-27-15-14-26-13-12-25-11-10-24-9-8-23-7-6-20;1-13(15)12-20-11-10-19-9-8-18-7-6-17-5-4-16-3-2-14;1-13(17)12-22-11-10-21-9-8-20-7-6-19-5-4-18-3-2-15-16-14;13-1-2-16-3-4-17-5-6-18-7-8-19-9-10-20-11-12(14)15;13-1-3-15-5-7-17-9-11-19-12-10-18-8-6-16-4-2-14;13-15-14-1-2-18-3-4-19-5-6-20-7-8-21-9-10-22-11-12(16)17/h2-5,20H,6-17H2,1H3;2-12H2,1H3;2-12H2,1H3;1-11H2,(H,14,15);14H,1-12H2;1-11H2,(H,16,17). The van der Waals surface area contributed by atoms with Crippen molar-refractivity contribution in [3.05, 3.63) is 50.7 Å². The normalized spacial score (nSPS) is 10.9. The Bertz CT molecular complexity index is 2550. The quantitative estimate of drug-likeness (QED) is 0.0177. The van der Waals surface area contributed by atoms with Crippen LogP contribution in [0.25, 0.3) is 20.9 Å². The molecule has 0 unspecified atom stereocenters. The zero-order chi connectivity index (χ0) is 97.6. The van der Waals surface area contributed by atoms with E-state index in [1.54, 1.807) is 12.1 Å². The fraction of sp³-hybridized carbons (Fsp3) is 0.877. The molecule has 0 aliphatic rings. The fourth-order valence-electron chi connectivity index (χ4n) is 7.80. The van der Waals surface area contributed by atoms with Gasteiger partial charge in [0.1, 0.15) is 26.4 Å². The average molecular weight is 2140 g/mol. The van der Waals surface area contributed by atoms with Gasteiger partial charge in [0.15, 0.2) is 11.6 Å². The molecule has 0 atom stereocenters. The number of benzene rings is 1. The van der Waals surface area contributed by atoms with Crippen molar-refractivity contribution in [2.24, 2.45) is 10.2 Å². The van der Waals surface area contributed by atoms with E-state index in [-0.39, 0.29) is 82.5 Å². The average Bonchev–Trinajstić information content (AvgIpc) is 0.848. The van der Waals surface area contributed by atoms with Crippen LogP contribution in [0.15, 0.2) is 39.4 Å². The lowest BCUT2D eigenvalue weighted by molar-refractivity contribution is -0.143. The van der Waals surface area contributed by atoms with Crippen LogP contribution >= 0.6 is 47.8 Å². The second kappa shape index (κ2) is 125. The maximum atomic E-state index is 12.0. The van der Waals surface area contributed by atoms with Crippen LogP contribution in [0.2, 0.25) is 0 Å². The second-order valence-corrected chi connectivity index (χ2v) is 28.8. The molecule has 1 rings (SSSR count). The highest BCUT2D eigenvalue weighted by molar-refractivity contribution is 9.09. The van der Waals surface area contributed by atoms with Crippen LogP contribution in [0.4, 0.5) is 0 Å². The van der Waals surface area contributed by atoms with Gasteiger partial charge in [-0.05, 0) is 44.0 Å². The minimum Gasteiger partial charge on any atom is -0.480 e. The summed E-state index contributed by atoms with van der Waals surface area (Å²) in [4.78, 5) is 46.8. The molecule has 1 aromatic carbocycles. The number of aliphatic hydroxyl groups is 2. The van der Waals surface area contributed by atoms with Gasteiger partial charge in [-0.2, -0.15) is 8.42 Å². The van der Waals surface area contributed by atoms with E-state index in [4.69, 9.17) is 178 Å². The molecule has 0 spiro atoms. The van der Waals surface area contributed by atoms with Crippen LogP contribution in [0.1, 0.15) is 19.4 Å². The molecule has 0 aromatic heterocycles. The number of halogens is 3. The van der Waals surface area contributed by atoms with Gasteiger partial charge in [-0.3, -0.25) is 13.8 Å². The third-order valence-electron chi connectivity index (χ3n) is 13.7. The fourth-order valence-corrected chi connectivity index (χ4v) is 9.38. The Morgan fingerprint density at radius 3 is 0.614 bits per heavy atom. The zero-order valence-electron chi connectivity index (χ0n) is 77.5. The Kier molecular flexibility index (Phi) is 130. The number of hydrogen-bond acceptors (Lipinski definition) is 41. The predicted octanol–water partition coefficient (Wildman–Crippen LogP) is 4.27. The lowest BCUT2D eigenvalue weighted by Gasteiger charge is -2.08. The number of rotatable bonds is 101. The molecule has 0 saturated heterocycles. The van der Waals surface area contributed by atoms with E-state index >= 15 is 0 Å². The maximum absolute atomic E-state index is 12.0. The summed E-state index contributed by atoms with van der Waals surface area (Å²) in [5.74, 6) is -1.95. The van der Waals surface area contributed by atoms with E-state index in [2.05, 4.69) is 67.8 Å². The molecule has 0 amide bonds. The smallest absolute Gasteiger partial charge is 0.329 e. The van der Waals surface area contributed by atoms with Crippen LogP contribution in [0.5, 0.6) is 0 Å². The number of hydrogen-bond donors (Lipinski definition) is 4. The number of alkyl halides is 3. The number of carbonyl (C=O) groups excluding carboxylic acids is 2. The predicted molar refractivity (Wildman–Crippen MR) is 489 cm³/mol. The molecule has 0 bridgehead atoms. The number of carbonyl (C=O) groups is 4. The molecule has 0 fully saturated rings. The molecular formula is C81H153Br3N6O41S.